The average Bonchev–Trinajstić information content (AvgIpc) is 1.82. The maximum atomic E-state index is 10.4. The van der Waals surface area contributed by atoms with Crippen LogP contribution in [0.25, 0.3) is 5.32 Å². The molecule has 0 aliphatic heterocycles. The van der Waals surface area contributed by atoms with Crippen molar-refractivity contribution in [3.05, 3.63) is 11.9 Å². The predicted molar refractivity (Wildman–Crippen MR) is 41.5 cm³/mol. The summed E-state index contributed by atoms with van der Waals surface area (Å²) in [5.41, 5.74) is 0. The third-order valence-electron chi connectivity index (χ3n) is 1.07. The Labute approximate surface area is 156 Å². The molecule has 0 bridgehead atoms. The van der Waals surface area contributed by atoms with Gasteiger partial charge in [-0.1, -0.05) is 6.92 Å². The number of nitrogens with zero attached hydrogens (tertiary/aromatic N) is 1. The summed E-state index contributed by atoms with van der Waals surface area (Å²) in [6.45, 7) is 5.27. The molecule has 1 N–H and O–H groups in total. The Morgan fingerprint density at radius 1 is 1.46 bits per heavy atom. The molecule has 69 valence electrons. The normalized spacial score (nSPS) is 9.77. The zero-order valence-corrected chi connectivity index (χ0v) is 17.0. The molecule has 1 unspecified atom stereocenters. The number of carbonyl (C=O) groups is 1. The van der Waals surface area contributed by atoms with Crippen molar-refractivity contribution in [2.45, 2.75) is 26.3 Å². The summed E-state index contributed by atoms with van der Waals surface area (Å²) in [7, 11) is 1.83. The van der Waals surface area contributed by atoms with Crippen molar-refractivity contribution in [3.8, 4) is 0 Å². The van der Waals surface area contributed by atoms with Gasteiger partial charge in [0.1, 0.15) is 0 Å². The van der Waals surface area contributed by atoms with E-state index < -0.39 is 0 Å². The van der Waals surface area contributed by atoms with Crippen LogP contribution in [0, 0.1) is 6.54 Å². The molecule has 0 saturated heterocycles. The Morgan fingerprint density at radius 3 is 2.23 bits per heavy atom. The molecule has 0 heterocycles. The molecular weight excluding hydrogens is 395 g/mol. The van der Waals surface area contributed by atoms with E-state index in [-0.39, 0.29) is 110 Å². The molecule has 0 fully saturated rings. The molecule has 0 spiro atoms. The number of rotatable bonds is 4. The topological polar surface area (TPSA) is 43.2 Å². The van der Waals surface area contributed by atoms with Gasteiger partial charge in [0.25, 0.3) is 0 Å². The maximum absolute atomic E-state index is 10.4. The van der Waals surface area contributed by atoms with E-state index in [4.69, 9.17) is 0 Å². The van der Waals surface area contributed by atoms with Crippen LogP contribution in [0.1, 0.15) is 20.3 Å². The number of nitrogens with one attached hydrogen (secondary N) is 1. The van der Waals surface area contributed by atoms with Crippen molar-refractivity contribution in [2.24, 2.45) is 0 Å². The Kier molecular flexibility index (Phi) is 32.7. The molecule has 1 amide bonds. The van der Waals surface area contributed by atoms with Crippen molar-refractivity contribution < 1.29 is 103 Å². The van der Waals surface area contributed by atoms with Crippen LogP contribution in [0.2, 0.25) is 0 Å². The number of amides is 1. The fourth-order valence-corrected chi connectivity index (χ4v) is 0.651. The standard InChI is InChI=1S/C7H15N2O.3Y/c1-6(4-5-8-3)9-7(2)10;;;/h5-6,8H,4H2,1-3H3,(H,9,10);;;/q-1;;;/p-1. The van der Waals surface area contributed by atoms with Gasteiger partial charge in [0.15, 0.2) is 0 Å². The van der Waals surface area contributed by atoms with Crippen LogP contribution >= 0.6 is 0 Å². The summed E-state index contributed by atoms with van der Waals surface area (Å²) in [6, 6.07) is 0.102. The molecule has 1 atom stereocenters. The zero-order chi connectivity index (χ0) is 7.98. The molecular formula is C7H14N2OY3-2. The smallest absolute Gasteiger partial charge is 0.0481 e. The minimum Gasteiger partial charge on any atom is -0.653 e. The average molecular weight is 409 g/mol. The van der Waals surface area contributed by atoms with Gasteiger partial charge in [-0.15, -0.1) is 6.04 Å². The molecule has 0 aliphatic rings. The Morgan fingerprint density at radius 2 is 1.92 bits per heavy atom. The van der Waals surface area contributed by atoms with E-state index in [1.165, 1.54) is 6.92 Å². The first kappa shape index (κ1) is 24.8. The third-order valence-corrected chi connectivity index (χ3v) is 1.07. The van der Waals surface area contributed by atoms with E-state index in [0.29, 0.717) is 0 Å². The van der Waals surface area contributed by atoms with Gasteiger partial charge in [-0.25, -0.2) is 0 Å². The number of hydrogen-bond acceptors (Lipinski definition) is 2. The van der Waals surface area contributed by atoms with Crippen LogP contribution in [0.15, 0.2) is 0 Å². The molecule has 0 aromatic heterocycles. The first-order valence-corrected chi connectivity index (χ1v) is 3.37. The van der Waals surface area contributed by atoms with Crippen LogP contribution in [0.3, 0.4) is 0 Å². The van der Waals surface area contributed by atoms with Crippen LogP contribution in [-0.4, -0.2) is 19.0 Å². The molecule has 3 nitrogen and oxygen atoms in total. The van der Waals surface area contributed by atoms with Crippen molar-refractivity contribution >= 4 is 5.91 Å². The van der Waals surface area contributed by atoms with Crippen molar-refractivity contribution in [2.75, 3.05) is 7.05 Å². The minimum absolute atomic E-state index is 0. The summed E-state index contributed by atoms with van der Waals surface area (Å²) in [4.78, 5) is 10.4. The number of carbonyl (C=O) groups excluding carboxylic acids is 1. The van der Waals surface area contributed by atoms with E-state index in [1.807, 2.05) is 20.5 Å². The molecule has 6 heteroatoms. The largest absolute Gasteiger partial charge is 0.653 e. The SMILES string of the molecule is CN[CH-]CC(C)[N-]C(C)=O.[Y].[Y].[Y]. The molecule has 0 aromatic carbocycles. The van der Waals surface area contributed by atoms with Crippen LogP contribution in [0.4, 0.5) is 0 Å². The van der Waals surface area contributed by atoms with E-state index in [0.717, 1.165) is 6.42 Å². The monoisotopic (exact) mass is 409 g/mol. The molecule has 13 heavy (non-hydrogen) atoms. The van der Waals surface area contributed by atoms with Crippen LogP contribution < -0.4 is 5.32 Å². The van der Waals surface area contributed by atoms with Crippen molar-refractivity contribution in [1.82, 2.24) is 5.32 Å². The Hall–Kier alpha value is 2.74. The van der Waals surface area contributed by atoms with E-state index in [2.05, 4.69) is 10.6 Å². The second-order valence-corrected chi connectivity index (χ2v) is 2.23. The molecule has 0 aromatic rings. The van der Waals surface area contributed by atoms with Crippen LogP contribution in [-0.2, 0) is 103 Å². The summed E-state index contributed by atoms with van der Waals surface area (Å²) >= 11 is 0. The molecule has 3 radical (unpaired) electrons. The van der Waals surface area contributed by atoms with Gasteiger partial charge < -0.3 is 15.4 Å². The first-order chi connectivity index (χ1) is 4.66. The van der Waals surface area contributed by atoms with Crippen LogP contribution in [0.5, 0.6) is 0 Å². The molecule has 0 aliphatic carbocycles. The second kappa shape index (κ2) is 17.1. The minimum atomic E-state index is -0.1000. The number of hydrogen-bond donors (Lipinski definition) is 1. The molecule has 0 saturated carbocycles. The Bertz CT molecular complexity index is 114. The summed E-state index contributed by atoms with van der Waals surface area (Å²) < 4.78 is 0. The molecule has 0 rings (SSSR count). The fourth-order valence-electron chi connectivity index (χ4n) is 0.651. The third kappa shape index (κ3) is 20.7. The van der Waals surface area contributed by atoms with Gasteiger partial charge in [-0.3, -0.25) is 6.54 Å². The van der Waals surface area contributed by atoms with E-state index in [9.17, 15) is 4.79 Å². The summed E-state index contributed by atoms with van der Waals surface area (Å²) in [5, 5.41) is 6.68. The van der Waals surface area contributed by atoms with Crippen molar-refractivity contribution in [3.63, 3.8) is 0 Å². The Balaban J connectivity index is -0.000000135. The zero-order valence-electron chi connectivity index (χ0n) is 8.45. The van der Waals surface area contributed by atoms with E-state index in [1.54, 1.807) is 0 Å². The summed E-state index contributed by atoms with van der Waals surface area (Å²) in [6.07, 6.45) is 0.802. The maximum Gasteiger partial charge on any atom is 0.0481 e. The quantitative estimate of drug-likeness (QED) is 0.707. The van der Waals surface area contributed by atoms with Gasteiger partial charge in [-0.05, 0) is 14.0 Å². The van der Waals surface area contributed by atoms with Gasteiger partial charge in [0.05, 0.1) is 0 Å². The summed E-state index contributed by atoms with van der Waals surface area (Å²) in [5.74, 6) is -0.1000. The van der Waals surface area contributed by atoms with Gasteiger partial charge in [0.2, 0.25) is 0 Å². The van der Waals surface area contributed by atoms with Gasteiger partial charge in [-0.2, -0.15) is 6.42 Å². The first-order valence-electron chi connectivity index (χ1n) is 3.37. The van der Waals surface area contributed by atoms with Gasteiger partial charge in [0, 0.05) is 104 Å². The van der Waals surface area contributed by atoms with Gasteiger partial charge >= 0.3 is 0 Å². The second-order valence-electron chi connectivity index (χ2n) is 2.23. The van der Waals surface area contributed by atoms with E-state index >= 15 is 0 Å². The predicted octanol–water partition coefficient (Wildman–Crippen LogP) is 1.06. The van der Waals surface area contributed by atoms with Crippen molar-refractivity contribution in [1.29, 1.82) is 0 Å². The fraction of sp³-hybridized carbons (Fsp3) is 0.714.